The highest BCUT2D eigenvalue weighted by Crippen LogP contribution is 2.25. The normalized spacial score (nSPS) is 10.4. The van der Waals surface area contributed by atoms with Gasteiger partial charge >= 0.3 is 5.97 Å². The smallest absolute Gasteiger partial charge is 0.338 e. The average Bonchev–Trinajstić information content (AvgIpc) is 2.52. The maximum atomic E-state index is 12.2. The molecule has 0 radical (unpaired) electrons. The molecule has 0 heterocycles. The Morgan fingerprint density at radius 2 is 1.96 bits per heavy atom. The Morgan fingerprint density at radius 1 is 1.17 bits per heavy atom. The lowest BCUT2D eigenvalue weighted by atomic mass is 10.1. The van der Waals surface area contributed by atoms with Crippen LogP contribution >= 0.6 is 11.6 Å². The summed E-state index contributed by atoms with van der Waals surface area (Å²) in [7, 11) is 0. The van der Waals surface area contributed by atoms with Gasteiger partial charge in [-0.15, -0.1) is 0 Å². The summed E-state index contributed by atoms with van der Waals surface area (Å²) >= 11 is 6.25. The Morgan fingerprint density at radius 3 is 2.65 bits per heavy atom. The van der Waals surface area contributed by atoms with Crippen LogP contribution in [-0.4, -0.2) is 12.6 Å². The van der Waals surface area contributed by atoms with Crippen LogP contribution < -0.4 is 4.74 Å². The molecule has 2 aromatic carbocycles. The summed E-state index contributed by atoms with van der Waals surface area (Å²) in [5.74, 6) is 0.414. The highest BCUT2D eigenvalue weighted by Gasteiger charge is 2.16. The lowest BCUT2D eigenvalue weighted by Crippen LogP contribution is -2.11. The molecular weight excluding hydrogens is 312 g/mol. The van der Waals surface area contributed by atoms with Crippen molar-refractivity contribution in [3.8, 4) is 5.75 Å². The molecule has 0 bridgehead atoms. The van der Waals surface area contributed by atoms with E-state index in [4.69, 9.17) is 21.1 Å². The molecule has 0 aliphatic rings. The zero-order valence-electron chi connectivity index (χ0n) is 13.7. The quantitative estimate of drug-likeness (QED) is 0.690. The van der Waals surface area contributed by atoms with Crippen molar-refractivity contribution in [1.82, 2.24) is 0 Å². The number of ether oxygens (including phenoxy) is 2. The number of esters is 1. The number of benzene rings is 2. The Kier molecular flexibility index (Phi) is 6.05. The van der Waals surface area contributed by atoms with Gasteiger partial charge in [-0.1, -0.05) is 42.3 Å². The van der Waals surface area contributed by atoms with Crippen molar-refractivity contribution in [3.05, 3.63) is 63.7 Å². The zero-order chi connectivity index (χ0) is 16.8. The van der Waals surface area contributed by atoms with Gasteiger partial charge < -0.3 is 9.47 Å². The fourth-order valence-electron chi connectivity index (χ4n) is 2.28. The first-order valence-corrected chi connectivity index (χ1v) is 8.05. The van der Waals surface area contributed by atoms with Crippen LogP contribution in [0.4, 0.5) is 0 Å². The van der Waals surface area contributed by atoms with Crippen molar-refractivity contribution in [2.24, 2.45) is 0 Å². The molecule has 3 nitrogen and oxygen atoms in total. The monoisotopic (exact) mass is 332 g/mol. The van der Waals surface area contributed by atoms with Crippen LogP contribution in [0.25, 0.3) is 0 Å². The summed E-state index contributed by atoms with van der Waals surface area (Å²) in [4.78, 5) is 12.2. The van der Waals surface area contributed by atoms with Crippen molar-refractivity contribution >= 4 is 17.6 Å². The third-order valence-electron chi connectivity index (χ3n) is 3.48. The molecular formula is C19H21ClO3. The number of aryl methyl sites for hydroxylation is 2. The Balaban J connectivity index is 2.20. The van der Waals surface area contributed by atoms with E-state index < -0.39 is 0 Å². The minimum Gasteiger partial charge on any atom is -0.489 e. The average molecular weight is 333 g/mol. The molecule has 0 fully saturated rings. The molecule has 0 N–H and O–H groups in total. The maximum absolute atomic E-state index is 12.2. The molecule has 2 rings (SSSR count). The van der Waals surface area contributed by atoms with Crippen molar-refractivity contribution in [1.29, 1.82) is 0 Å². The van der Waals surface area contributed by atoms with Crippen LogP contribution in [0.5, 0.6) is 5.75 Å². The molecule has 0 atom stereocenters. The largest absolute Gasteiger partial charge is 0.489 e. The van der Waals surface area contributed by atoms with Crippen LogP contribution in [0.15, 0.2) is 36.4 Å². The number of carbonyl (C=O) groups is 1. The molecule has 0 aliphatic heterocycles. The van der Waals surface area contributed by atoms with Crippen LogP contribution in [0.3, 0.4) is 0 Å². The summed E-state index contributed by atoms with van der Waals surface area (Å²) in [5, 5.41) is 0.501. The molecule has 0 saturated carbocycles. The van der Waals surface area contributed by atoms with E-state index in [0.717, 1.165) is 17.7 Å². The standard InChI is InChI=1S/C19H21ClO3/c1-4-10-22-19(21)15-6-5-7-17(20)16(15)12-23-18-9-8-13(2)11-14(18)3/h5-9,11H,4,10,12H2,1-3H3. The van der Waals surface area contributed by atoms with Gasteiger partial charge in [-0.3, -0.25) is 0 Å². The van der Waals surface area contributed by atoms with E-state index in [9.17, 15) is 4.79 Å². The van der Waals surface area contributed by atoms with Gasteiger partial charge in [0.15, 0.2) is 0 Å². The number of hydrogen-bond donors (Lipinski definition) is 0. The zero-order valence-corrected chi connectivity index (χ0v) is 14.4. The second-order valence-corrected chi connectivity index (χ2v) is 5.87. The number of halogens is 1. The van der Waals surface area contributed by atoms with E-state index >= 15 is 0 Å². The van der Waals surface area contributed by atoms with Gasteiger partial charge in [-0.05, 0) is 44.0 Å². The molecule has 0 amide bonds. The fourth-order valence-corrected chi connectivity index (χ4v) is 2.51. The third kappa shape index (κ3) is 4.49. The van der Waals surface area contributed by atoms with Crippen molar-refractivity contribution < 1.29 is 14.3 Å². The van der Waals surface area contributed by atoms with Crippen LogP contribution in [-0.2, 0) is 11.3 Å². The van der Waals surface area contributed by atoms with E-state index in [1.807, 2.05) is 32.9 Å². The molecule has 2 aromatic rings. The lowest BCUT2D eigenvalue weighted by Gasteiger charge is -2.14. The van der Waals surface area contributed by atoms with E-state index in [1.54, 1.807) is 18.2 Å². The molecule has 23 heavy (non-hydrogen) atoms. The molecule has 0 unspecified atom stereocenters. The number of carbonyl (C=O) groups excluding carboxylic acids is 1. The second-order valence-electron chi connectivity index (χ2n) is 5.46. The van der Waals surface area contributed by atoms with Gasteiger partial charge in [-0.25, -0.2) is 4.79 Å². The predicted octanol–water partition coefficient (Wildman–Crippen LogP) is 5.10. The molecule has 122 valence electrons. The lowest BCUT2D eigenvalue weighted by molar-refractivity contribution is 0.0502. The van der Waals surface area contributed by atoms with E-state index in [-0.39, 0.29) is 12.6 Å². The van der Waals surface area contributed by atoms with Gasteiger partial charge in [0.2, 0.25) is 0 Å². The summed E-state index contributed by atoms with van der Waals surface area (Å²) in [5.41, 5.74) is 3.33. The van der Waals surface area contributed by atoms with E-state index in [0.29, 0.717) is 22.8 Å². The minimum atomic E-state index is -0.367. The highest BCUT2D eigenvalue weighted by molar-refractivity contribution is 6.31. The first-order valence-electron chi connectivity index (χ1n) is 7.67. The Labute approximate surface area is 142 Å². The summed E-state index contributed by atoms with van der Waals surface area (Å²) in [6.45, 7) is 6.59. The second kappa shape index (κ2) is 8.02. The number of rotatable bonds is 6. The highest BCUT2D eigenvalue weighted by atomic mass is 35.5. The molecule has 0 spiro atoms. The first-order chi connectivity index (χ1) is 11.0. The van der Waals surface area contributed by atoms with E-state index in [2.05, 4.69) is 6.07 Å². The van der Waals surface area contributed by atoms with Crippen molar-refractivity contribution in [2.75, 3.05) is 6.61 Å². The van der Waals surface area contributed by atoms with E-state index in [1.165, 1.54) is 5.56 Å². The number of hydrogen-bond acceptors (Lipinski definition) is 3. The van der Waals surface area contributed by atoms with Gasteiger partial charge in [-0.2, -0.15) is 0 Å². The minimum absolute atomic E-state index is 0.222. The van der Waals surface area contributed by atoms with Crippen LogP contribution in [0.1, 0.15) is 40.4 Å². The molecule has 0 saturated heterocycles. The van der Waals surface area contributed by atoms with Crippen molar-refractivity contribution in [2.45, 2.75) is 33.8 Å². The fraction of sp³-hybridized carbons (Fsp3) is 0.316. The summed E-state index contributed by atoms with van der Waals surface area (Å²) in [6.07, 6.45) is 0.778. The van der Waals surface area contributed by atoms with Gasteiger partial charge in [0.1, 0.15) is 12.4 Å². The molecule has 0 aromatic heterocycles. The summed E-state index contributed by atoms with van der Waals surface area (Å²) < 4.78 is 11.1. The van der Waals surface area contributed by atoms with Gasteiger partial charge in [0.25, 0.3) is 0 Å². The molecule has 0 aliphatic carbocycles. The van der Waals surface area contributed by atoms with Crippen molar-refractivity contribution in [3.63, 3.8) is 0 Å². The Hall–Kier alpha value is -2.00. The van der Waals surface area contributed by atoms with Gasteiger partial charge in [0.05, 0.1) is 12.2 Å². The first kappa shape index (κ1) is 17.4. The maximum Gasteiger partial charge on any atom is 0.338 e. The predicted molar refractivity (Wildman–Crippen MR) is 92.3 cm³/mol. The third-order valence-corrected chi connectivity index (χ3v) is 3.83. The SMILES string of the molecule is CCCOC(=O)c1cccc(Cl)c1COc1ccc(C)cc1C. The van der Waals surface area contributed by atoms with Crippen LogP contribution in [0, 0.1) is 13.8 Å². The summed E-state index contributed by atoms with van der Waals surface area (Å²) in [6, 6.07) is 11.2. The topological polar surface area (TPSA) is 35.5 Å². The van der Waals surface area contributed by atoms with Gasteiger partial charge in [0, 0.05) is 10.6 Å². The molecule has 4 heteroatoms. The Bertz CT molecular complexity index is 695. The van der Waals surface area contributed by atoms with Crippen LogP contribution in [0.2, 0.25) is 5.02 Å².